The van der Waals surface area contributed by atoms with Crippen LogP contribution in [0.2, 0.25) is 0 Å². The standard InChI is InChI=1S/C19H17FN2O/c20-15-5-3-4-14(12-15)18-19(8-10-22(13-21)11-9-19)16-6-1-2-7-17(16)23-18/h1-7,12,18H,8-11H2. The van der Waals surface area contributed by atoms with E-state index in [1.165, 1.54) is 11.6 Å². The van der Waals surface area contributed by atoms with Crippen molar-refractivity contribution in [1.82, 2.24) is 4.90 Å². The smallest absolute Gasteiger partial charge is 0.179 e. The minimum atomic E-state index is -0.244. The molecule has 2 heterocycles. The van der Waals surface area contributed by atoms with Gasteiger partial charge in [-0.05, 0) is 36.6 Å². The zero-order valence-electron chi connectivity index (χ0n) is 12.7. The Bertz CT molecular complexity index is 775. The third-order valence-electron chi connectivity index (χ3n) is 5.12. The number of piperidine rings is 1. The van der Waals surface area contributed by atoms with E-state index >= 15 is 0 Å². The number of benzene rings is 2. The molecule has 2 aromatic rings. The average molecular weight is 308 g/mol. The predicted octanol–water partition coefficient (Wildman–Crippen LogP) is 3.77. The van der Waals surface area contributed by atoms with Crippen molar-refractivity contribution < 1.29 is 9.13 Å². The first kappa shape index (κ1) is 14.1. The lowest BCUT2D eigenvalue weighted by atomic mass is 9.68. The van der Waals surface area contributed by atoms with Gasteiger partial charge >= 0.3 is 0 Å². The first-order valence-corrected chi connectivity index (χ1v) is 7.89. The molecule has 3 nitrogen and oxygen atoms in total. The van der Waals surface area contributed by atoms with Crippen LogP contribution in [0.4, 0.5) is 4.39 Å². The summed E-state index contributed by atoms with van der Waals surface area (Å²) in [6.45, 7) is 1.42. The highest BCUT2D eigenvalue weighted by Crippen LogP contribution is 2.55. The van der Waals surface area contributed by atoms with Gasteiger partial charge in [-0.3, -0.25) is 0 Å². The molecule has 1 fully saturated rings. The van der Waals surface area contributed by atoms with E-state index in [1.54, 1.807) is 17.0 Å². The molecule has 1 unspecified atom stereocenters. The second-order valence-corrected chi connectivity index (χ2v) is 6.29. The van der Waals surface area contributed by atoms with E-state index in [1.807, 2.05) is 24.3 Å². The zero-order valence-corrected chi connectivity index (χ0v) is 12.7. The Kier molecular flexibility index (Phi) is 3.23. The summed E-state index contributed by atoms with van der Waals surface area (Å²) in [4.78, 5) is 1.79. The van der Waals surface area contributed by atoms with E-state index in [2.05, 4.69) is 12.3 Å². The lowest BCUT2D eigenvalue weighted by molar-refractivity contribution is 0.0944. The Morgan fingerprint density at radius 2 is 1.91 bits per heavy atom. The Morgan fingerprint density at radius 1 is 1.13 bits per heavy atom. The molecular weight excluding hydrogens is 291 g/mol. The topological polar surface area (TPSA) is 36.3 Å². The van der Waals surface area contributed by atoms with Crippen molar-refractivity contribution in [3.05, 3.63) is 65.5 Å². The van der Waals surface area contributed by atoms with Crippen molar-refractivity contribution in [1.29, 1.82) is 5.26 Å². The molecule has 116 valence electrons. The second-order valence-electron chi connectivity index (χ2n) is 6.29. The third kappa shape index (κ3) is 2.16. The predicted molar refractivity (Wildman–Crippen MR) is 84.3 cm³/mol. The number of likely N-dealkylation sites (tertiary alicyclic amines) is 1. The van der Waals surface area contributed by atoms with E-state index in [9.17, 15) is 4.39 Å². The lowest BCUT2D eigenvalue weighted by Crippen LogP contribution is -2.43. The molecule has 2 aliphatic rings. The van der Waals surface area contributed by atoms with Gasteiger partial charge in [0.05, 0.1) is 0 Å². The summed E-state index contributed by atoms with van der Waals surface area (Å²) in [5, 5.41) is 9.13. The van der Waals surface area contributed by atoms with E-state index in [0.29, 0.717) is 13.1 Å². The highest BCUT2D eigenvalue weighted by atomic mass is 19.1. The van der Waals surface area contributed by atoms with Crippen molar-refractivity contribution in [2.24, 2.45) is 0 Å². The highest BCUT2D eigenvalue weighted by Gasteiger charge is 2.50. The number of nitrogens with zero attached hydrogens (tertiary/aromatic N) is 2. The first-order chi connectivity index (χ1) is 11.2. The molecule has 0 bridgehead atoms. The Balaban J connectivity index is 1.79. The number of nitriles is 1. The molecule has 0 aliphatic carbocycles. The Morgan fingerprint density at radius 3 is 2.65 bits per heavy atom. The largest absolute Gasteiger partial charge is 0.484 e. The van der Waals surface area contributed by atoms with Gasteiger partial charge < -0.3 is 9.64 Å². The van der Waals surface area contributed by atoms with Crippen LogP contribution in [-0.2, 0) is 5.41 Å². The molecule has 4 rings (SSSR count). The minimum Gasteiger partial charge on any atom is -0.484 e. The number of para-hydroxylation sites is 1. The number of rotatable bonds is 1. The fraction of sp³-hybridized carbons (Fsp3) is 0.316. The number of halogens is 1. The Labute approximate surface area is 134 Å². The van der Waals surface area contributed by atoms with Gasteiger partial charge in [0, 0.05) is 24.1 Å². The van der Waals surface area contributed by atoms with Crippen molar-refractivity contribution in [2.45, 2.75) is 24.4 Å². The van der Waals surface area contributed by atoms with Crippen LogP contribution in [-0.4, -0.2) is 18.0 Å². The van der Waals surface area contributed by atoms with Crippen LogP contribution in [0.15, 0.2) is 48.5 Å². The third-order valence-corrected chi connectivity index (χ3v) is 5.12. The molecule has 2 aliphatic heterocycles. The fourth-order valence-corrected chi connectivity index (χ4v) is 3.96. The average Bonchev–Trinajstić information content (AvgIpc) is 2.90. The maximum Gasteiger partial charge on any atom is 0.179 e. The normalized spacial score (nSPS) is 21.6. The zero-order chi connectivity index (χ0) is 15.9. The van der Waals surface area contributed by atoms with Crippen LogP contribution < -0.4 is 4.74 Å². The molecule has 1 spiro atoms. The van der Waals surface area contributed by atoms with E-state index < -0.39 is 0 Å². The maximum atomic E-state index is 13.7. The van der Waals surface area contributed by atoms with Gasteiger partial charge in [0.2, 0.25) is 0 Å². The quantitative estimate of drug-likeness (QED) is 0.752. The van der Waals surface area contributed by atoms with Crippen LogP contribution in [0.5, 0.6) is 5.75 Å². The van der Waals surface area contributed by atoms with Gasteiger partial charge in [0.15, 0.2) is 6.19 Å². The number of ether oxygens (including phenoxy) is 1. The molecule has 0 amide bonds. The summed E-state index contributed by atoms with van der Waals surface area (Å²) >= 11 is 0. The van der Waals surface area contributed by atoms with Gasteiger partial charge in [0.25, 0.3) is 0 Å². The van der Waals surface area contributed by atoms with Crippen LogP contribution in [0.1, 0.15) is 30.1 Å². The van der Waals surface area contributed by atoms with Crippen molar-refractivity contribution in [2.75, 3.05) is 13.1 Å². The molecular formula is C19H17FN2O. The molecule has 0 N–H and O–H groups in total. The summed E-state index contributed by atoms with van der Waals surface area (Å²) in [5.74, 6) is 0.638. The van der Waals surface area contributed by atoms with Crippen molar-refractivity contribution >= 4 is 0 Å². The van der Waals surface area contributed by atoms with E-state index in [-0.39, 0.29) is 17.3 Å². The molecule has 0 aromatic heterocycles. The molecule has 0 radical (unpaired) electrons. The summed E-state index contributed by atoms with van der Waals surface area (Å²) in [6.07, 6.45) is 3.70. The summed E-state index contributed by atoms with van der Waals surface area (Å²) in [7, 11) is 0. The van der Waals surface area contributed by atoms with Gasteiger partial charge in [-0.1, -0.05) is 30.3 Å². The minimum absolute atomic E-state index is 0.183. The maximum absolute atomic E-state index is 13.7. The molecule has 23 heavy (non-hydrogen) atoms. The number of hydrogen-bond acceptors (Lipinski definition) is 3. The van der Waals surface area contributed by atoms with Crippen LogP contribution in [0.25, 0.3) is 0 Å². The summed E-state index contributed by atoms with van der Waals surface area (Å²) < 4.78 is 20.0. The highest BCUT2D eigenvalue weighted by molar-refractivity contribution is 5.48. The van der Waals surface area contributed by atoms with Gasteiger partial charge in [-0.25, -0.2) is 4.39 Å². The Hall–Kier alpha value is -2.54. The second kappa shape index (κ2) is 5.27. The van der Waals surface area contributed by atoms with Gasteiger partial charge in [0.1, 0.15) is 17.7 Å². The van der Waals surface area contributed by atoms with E-state index in [4.69, 9.17) is 10.00 Å². The number of fused-ring (bicyclic) bond motifs is 2. The molecule has 2 aromatic carbocycles. The molecule has 1 atom stereocenters. The molecule has 0 saturated carbocycles. The monoisotopic (exact) mass is 308 g/mol. The number of hydrogen-bond donors (Lipinski definition) is 0. The SMILES string of the molecule is N#CN1CCC2(CC1)c1ccccc1OC2c1cccc(F)c1. The molecule has 4 heteroatoms. The molecule has 1 saturated heterocycles. The lowest BCUT2D eigenvalue weighted by Gasteiger charge is -2.40. The first-order valence-electron chi connectivity index (χ1n) is 7.89. The van der Waals surface area contributed by atoms with Crippen molar-refractivity contribution in [3.8, 4) is 11.9 Å². The summed E-state index contributed by atoms with van der Waals surface area (Å²) in [5.41, 5.74) is 1.87. The summed E-state index contributed by atoms with van der Waals surface area (Å²) in [6, 6.07) is 14.8. The van der Waals surface area contributed by atoms with Gasteiger partial charge in [-0.2, -0.15) is 5.26 Å². The van der Waals surface area contributed by atoms with Crippen LogP contribution >= 0.6 is 0 Å². The van der Waals surface area contributed by atoms with Crippen molar-refractivity contribution in [3.63, 3.8) is 0 Å². The van der Waals surface area contributed by atoms with Crippen LogP contribution in [0, 0.1) is 17.3 Å². The van der Waals surface area contributed by atoms with Crippen LogP contribution in [0.3, 0.4) is 0 Å². The fourth-order valence-electron chi connectivity index (χ4n) is 3.96. The van der Waals surface area contributed by atoms with Gasteiger partial charge in [-0.15, -0.1) is 0 Å². The van der Waals surface area contributed by atoms with E-state index in [0.717, 1.165) is 24.2 Å².